The molecular formula is C13H23N3S. The van der Waals surface area contributed by atoms with Crippen molar-refractivity contribution in [1.29, 1.82) is 0 Å². The predicted octanol–water partition coefficient (Wildman–Crippen LogP) is 1.68. The fourth-order valence-corrected chi connectivity index (χ4v) is 3.70. The minimum absolute atomic E-state index is 0.537. The highest BCUT2D eigenvalue weighted by molar-refractivity contribution is 7.10. The molecule has 1 atom stereocenters. The zero-order valence-corrected chi connectivity index (χ0v) is 11.4. The van der Waals surface area contributed by atoms with Crippen LogP contribution in [-0.4, -0.2) is 38.1 Å². The molecule has 3 nitrogen and oxygen atoms in total. The van der Waals surface area contributed by atoms with Gasteiger partial charge in [-0.2, -0.15) is 0 Å². The van der Waals surface area contributed by atoms with Gasteiger partial charge in [-0.1, -0.05) is 6.07 Å². The van der Waals surface area contributed by atoms with Crippen molar-refractivity contribution in [3.8, 4) is 0 Å². The summed E-state index contributed by atoms with van der Waals surface area (Å²) in [6.45, 7) is 4.23. The van der Waals surface area contributed by atoms with Crippen LogP contribution in [0, 0.1) is 5.92 Å². The first-order valence-electron chi connectivity index (χ1n) is 6.48. The molecule has 0 aromatic carbocycles. The molecule has 0 amide bonds. The Morgan fingerprint density at radius 1 is 1.53 bits per heavy atom. The normalized spacial score (nSPS) is 20.6. The highest BCUT2D eigenvalue weighted by atomic mass is 32.1. The molecule has 1 aliphatic rings. The average molecular weight is 253 g/mol. The zero-order chi connectivity index (χ0) is 12.1. The molecule has 17 heavy (non-hydrogen) atoms. The third kappa shape index (κ3) is 3.28. The fourth-order valence-electron chi connectivity index (χ4n) is 2.77. The van der Waals surface area contributed by atoms with Crippen LogP contribution in [0.3, 0.4) is 0 Å². The van der Waals surface area contributed by atoms with E-state index in [4.69, 9.17) is 5.73 Å². The summed E-state index contributed by atoms with van der Waals surface area (Å²) in [5.74, 6) is 0.771. The minimum atomic E-state index is 0.537. The number of nitrogens with two attached hydrogens (primary N) is 1. The van der Waals surface area contributed by atoms with E-state index in [1.54, 1.807) is 0 Å². The molecule has 0 saturated carbocycles. The molecule has 1 fully saturated rings. The van der Waals surface area contributed by atoms with Crippen molar-refractivity contribution in [2.45, 2.75) is 18.9 Å². The van der Waals surface area contributed by atoms with Crippen LogP contribution in [0.15, 0.2) is 17.5 Å². The molecule has 0 bridgehead atoms. The standard InChI is InChI=1S/C13H23N3S/c1-15-13(12-3-2-10-17-12)11-4-7-16(8-5-11)9-6-14/h2-3,10-11,13,15H,4-9,14H2,1H3. The van der Waals surface area contributed by atoms with Crippen LogP contribution in [0.2, 0.25) is 0 Å². The second kappa shape index (κ2) is 6.50. The first kappa shape index (κ1) is 13.0. The van der Waals surface area contributed by atoms with Gasteiger partial charge in [0.05, 0.1) is 0 Å². The monoisotopic (exact) mass is 253 g/mol. The highest BCUT2D eigenvalue weighted by Crippen LogP contribution is 2.32. The quantitative estimate of drug-likeness (QED) is 0.839. The van der Waals surface area contributed by atoms with Crippen molar-refractivity contribution in [3.05, 3.63) is 22.4 Å². The van der Waals surface area contributed by atoms with Gasteiger partial charge in [-0.15, -0.1) is 11.3 Å². The number of likely N-dealkylation sites (tertiary alicyclic amines) is 1. The lowest BCUT2D eigenvalue weighted by atomic mass is 9.88. The lowest BCUT2D eigenvalue weighted by molar-refractivity contribution is 0.165. The van der Waals surface area contributed by atoms with Crippen molar-refractivity contribution >= 4 is 11.3 Å². The van der Waals surface area contributed by atoms with E-state index in [2.05, 4.69) is 34.8 Å². The summed E-state index contributed by atoms with van der Waals surface area (Å²) < 4.78 is 0. The molecule has 0 aliphatic carbocycles. The van der Waals surface area contributed by atoms with E-state index in [1.807, 2.05) is 11.3 Å². The summed E-state index contributed by atoms with van der Waals surface area (Å²) in [6, 6.07) is 4.93. The van der Waals surface area contributed by atoms with Gasteiger partial charge in [-0.25, -0.2) is 0 Å². The molecule has 2 heterocycles. The molecule has 96 valence electrons. The number of piperidine rings is 1. The summed E-state index contributed by atoms with van der Waals surface area (Å²) >= 11 is 1.86. The van der Waals surface area contributed by atoms with E-state index < -0.39 is 0 Å². The van der Waals surface area contributed by atoms with Crippen LogP contribution in [-0.2, 0) is 0 Å². The Balaban J connectivity index is 1.90. The van der Waals surface area contributed by atoms with Crippen molar-refractivity contribution in [2.24, 2.45) is 11.7 Å². The maximum Gasteiger partial charge on any atom is 0.0441 e. The summed E-state index contributed by atoms with van der Waals surface area (Å²) in [7, 11) is 2.08. The Morgan fingerprint density at radius 3 is 2.82 bits per heavy atom. The van der Waals surface area contributed by atoms with Crippen LogP contribution in [0.5, 0.6) is 0 Å². The van der Waals surface area contributed by atoms with Crippen LogP contribution >= 0.6 is 11.3 Å². The third-order valence-electron chi connectivity index (χ3n) is 3.71. The van der Waals surface area contributed by atoms with Gasteiger partial charge in [0.2, 0.25) is 0 Å². The summed E-state index contributed by atoms with van der Waals surface area (Å²) in [5.41, 5.74) is 5.60. The Bertz CT molecular complexity index is 304. The summed E-state index contributed by atoms with van der Waals surface area (Å²) in [4.78, 5) is 3.96. The Hall–Kier alpha value is -0.420. The Kier molecular flexibility index (Phi) is 4.98. The maximum absolute atomic E-state index is 5.60. The van der Waals surface area contributed by atoms with E-state index in [-0.39, 0.29) is 0 Å². The number of rotatable bonds is 5. The topological polar surface area (TPSA) is 41.3 Å². The van der Waals surface area contributed by atoms with E-state index in [9.17, 15) is 0 Å². The van der Waals surface area contributed by atoms with Crippen LogP contribution in [0.25, 0.3) is 0 Å². The van der Waals surface area contributed by atoms with Gasteiger partial charge in [0.1, 0.15) is 0 Å². The molecule has 1 saturated heterocycles. The summed E-state index contributed by atoms with van der Waals surface area (Å²) in [6.07, 6.45) is 2.56. The van der Waals surface area contributed by atoms with Crippen molar-refractivity contribution in [3.63, 3.8) is 0 Å². The van der Waals surface area contributed by atoms with Crippen molar-refractivity contribution < 1.29 is 0 Å². The van der Waals surface area contributed by atoms with Gasteiger partial charge in [-0.05, 0) is 50.3 Å². The smallest absolute Gasteiger partial charge is 0.0441 e. The highest BCUT2D eigenvalue weighted by Gasteiger charge is 2.26. The lowest BCUT2D eigenvalue weighted by Gasteiger charge is -2.35. The molecule has 1 unspecified atom stereocenters. The second-order valence-corrected chi connectivity index (χ2v) is 5.73. The number of nitrogens with one attached hydrogen (secondary N) is 1. The molecule has 3 N–H and O–H groups in total. The minimum Gasteiger partial charge on any atom is -0.329 e. The number of hydrogen-bond acceptors (Lipinski definition) is 4. The number of thiophene rings is 1. The molecule has 4 heteroatoms. The van der Waals surface area contributed by atoms with Gasteiger partial charge >= 0.3 is 0 Å². The second-order valence-electron chi connectivity index (χ2n) is 4.75. The molecular weight excluding hydrogens is 230 g/mol. The van der Waals surface area contributed by atoms with Gasteiger partial charge in [0, 0.05) is 24.0 Å². The van der Waals surface area contributed by atoms with Crippen molar-refractivity contribution in [1.82, 2.24) is 10.2 Å². The first-order valence-corrected chi connectivity index (χ1v) is 7.36. The fraction of sp³-hybridized carbons (Fsp3) is 0.692. The van der Waals surface area contributed by atoms with E-state index >= 15 is 0 Å². The largest absolute Gasteiger partial charge is 0.329 e. The lowest BCUT2D eigenvalue weighted by Crippen LogP contribution is -2.40. The third-order valence-corrected chi connectivity index (χ3v) is 4.67. The molecule has 1 aromatic rings. The van der Waals surface area contributed by atoms with Gasteiger partial charge in [-0.3, -0.25) is 0 Å². The van der Waals surface area contributed by atoms with Crippen LogP contribution < -0.4 is 11.1 Å². The molecule has 1 aromatic heterocycles. The predicted molar refractivity (Wildman–Crippen MR) is 74.3 cm³/mol. The van der Waals surface area contributed by atoms with Gasteiger partial charge < -0.3 is 16.0 Å². The average Bonchev–Trinajstić information content (AvgIpc) is 2.86. The van der Waals surface area contributed by atoms with E-state index in [0.29, 0.717) is 6.04 Å². The Morgan fingerprint density at radius 2 is 2.29 bits per heavy atom. The van der Waals surface area contributed by atoms with Crippen molar-refractivity contribution in [2.75, 3.05) is 33.2 Å². The number of nitrogens with zero attached hydrogens (tertiary/aromatic N) is 1. The van der Waals surface area contributed by atoms with Crippen LogP contribution in [0.1, 0.15) is 23.8 Å². The SMILES string of the molecule is CNC(c1cccs1)C1CCN(CCN)CC1. The maximum atomic E-state index is 5.60. The van der Waals surface area contributed by atoms with E-state index in [1.165, 1.54) is 30.8 Å². The molecule has 0 spiro atoms. The first-order chi connectivity index (χ1) is 8.35. The molecule has 2 rings (SSSR count). The van der Waals surface area contributed by atoms with Crippen LogP contribution in [0.4, 0.5) is 0 Å². The number of hydrogen-bond donors (Lipinski definition) is 2. The van der Waals surface area contributed by atoms with Gasteiger partial charge in [0.15, 0.2) is 0 Å². The molecule has 1 aliphatic heterocycles. The summed E-state index contributed by atoms with van der Waals surface area (Å²) in [5, 5.41) is 5.66. The van der Waals surface area contributed by atoms with E-state index in [0.717, 1.165) is 19.0 Å². The Labute approximate surface area is 108 Å². The zero-order valence-electron chi connectivity index (χ0n) is 10.6. The van der Waals surface area contributed by atoms with Gasteiger partial charge in [0.25, 0.3) is 0 Å². The molecule has 0 radical (unpaired) electrons.